The fourth-order valence-corrected chi connectivity index (χ4v) is 3.47. The van der Waals surface area contributed by atoms with Crippen LogP contribution in [0.3, 0.4) is 0 Å². The van der Waals surface area contributed by atoms with Crippen molar-refractivity contribution < 1.29 is 13.2 Å². The van der Waals surface area contributed by atoms with Gasteiger partial charge < -0.3 is 5.32 Å². The van der Waals surface area contributed by atoms with Gasteiger partial charge in [-0.1, -0.05) is 31.9 Å². The summed E-state index contributed by atoms with van der Waals surface area (Å²) >= 11 is 0. The minimum Gasteiger partial charge on any atom is -0.349 e. The molecule has 6 heteroatoms. The van der Waals surface area contributed by atoms with Crippen LogP contribution in [-0.4, -0.2) is 20.4 Å². The van der Waals surface area contributed by atoms with Crippen molar-refractivity contribution in [1.29, 1.82) is 0 Å². The first-order chi connectivity index (χ1) is 9.38. The van der Waals surface area contributed by atoms with Crippen molar-refractivity contribution in [3.05, 3.63) is 29.8 Å². The summed E-state index contributed by atoms with van der Waals surface area (Å²) in [4.78, 5) is 12.1. The lowest BCUT2D eigenvalue weighted by Gasteiger charge is -2.27. The van der Waals surface area contributed by atoms with Crippen molar-refractivity contribution in [1.82, 2.24) is 5.32 Å². The van der Waals surface area contributed by atoms with Gasteiger partial charge in [-0.05, 0) is 30.9 Å². The second kappa shape index (κ2) is 5.93. The first-order valence-corrected chi connectivity index (χ1v) is 8.35. The lowest BCUT2D eigenvalue weighted by atomic mass is 9.87. The SMILES string of the molecule is CC1CCCC(NC(=O)c2ccccc2S(N)(=O)=O)C1. The molecule has 0 radical (unpaired) electrons. The minimum atomic E-state index is -3.89. The van der Waals surface area contributed by atoms with E-state index in [9.17, 15) is 13.2 Å². The molecule has 0 heterocycles. The third kappa shape index (κ3) is 3.58. The zero-order valence-electron chi connectivity index (χ0n) is 11.5. The molecule has 0 saturated heterocycles. The van der Waals surface area contributed by atoms with Crippen LogP contribution >= 0.6 is 0 Å². The monoisotopic (exact) mass is 296 g/mol. The van der Waals surface area contributed by atoms with Crippen LogP contribution in [0.2, 0.25) is 0 Å². The van der Waals surface area contributed by atoms with Gasteiger partial charge in [-0.25, -0.2) is 13.6 Å². The van der Waals surface area contributed by atoms with Gasteiger partial charge >= 0.3 is 0 Å². The highest BCUT2D eigenvalue weighted by molar-refractivity contribution is 7.89. The van der Waals surface area contributed by atoms with E-state index < -0.39 is 10.0 Å². The van der Waals surface area contributed by atoms with Crippen LogP contribution in [0.1, 0.15) is 43.0 Å². The molecule has 2 unspecified atom stereocenters. The number of primary sulfonamides is 1. The maximum absolute atomic E-state index is 12.3. The van der Waals surface area contributed by atoms with E-state index >= 15 is 0 Å². The van der Waals surface area contributed by atoms with Crippen molar-refractivity contribution in [2.45, 2.75) is 43.5 Å². The Kier molecular flexibility index (Phi) is 4.45. The molecule has 1 aromatic carbocycles. The van der Waals surface area contributed by atoms with Crippen molar-refractivity contribution in [3.63, 3.8) is 0 Å². The zero-order valence-corrected chi connectivity index (χ0v) is 12.3. The van der Waals surface area contributed by atoms with Gasteiger partial charge in [0.05, 0.1) is 10.5 Å². The number of carbonyl (C=O) groups excluding carboxylic acids is 1. The smallest absolute Gasteiger partial charge is 0.252 e. The number of rotatable bonds is 3. The molecule has 3 N–H and O–H groups in total. The standard InChI is InChI=1S/C14H20N2O3S/c1-10-5-4-6-11(9-10)16-14(17)12-7-2-3-8-13(12)20(15,18)19/h2-3,7-8,10-11H,4-6,9H2,1H3,(H,16,17)(H2,15,18,19). The number of carbonyl (C=O) groups is 1. The number of amides is 1. The zero-order chi connectivity index (χ0) is 14.8. The van der Waals surface area contributed by atoms with Crippen LogP contribution in [0.5, 0.6) is 0 Å². The molecule has 110 valence electrons. The average molecular weight is 296 g/mol. The minimum absolute atomic E-state index is 0.111. The Bertz CT molecular complexity index is 598. The lowest BCUT2D eigenvalue weighted by molar-refractivity contribution is 0.0918. The van der Waals surface area contributed by atoms with Crippen molar-refractivity contribution in [2.75, 3.05) is 0 Å². The summed E-state index contributed by atoms with van der Waals surface area (Å²) in [6.45, 7) is 2.16. The molecule has 1 aliphatic rings. The molecule has 20 heavy (non-hydrogen) atoms. The predicted octanol–water partition coefficient (Wildman–Crippen LogP) is 1.64. The number of hydrogen-bond acceptors (Lipinski definition) is 3. The topological polar surface area (TPSA) is 89.3 Å². The molecule has 2 rings (SSSR count). The van der Waals surface area contributed by atoms with Crippen LogP contribution in [0.4, 0.5) is 0 Å². The maximum Gasteiger partial charge on any atom is 0.252 e. The van der Waals surface area contributed by atoms with E-state index in [4.69, 9.17) is 5.14 Å². The number of nitrogens with two attached hydrogens (primary N) is 1. The molecule has 1 amide bonds. The van der Waals surface area contributed by atoms with E-state index in [0.717, 1.165) is 19.3 Å². The molecule has 0 bridgehead atoms. The normalized spacial score (nSPS) is 23.3. The van der Waals surface area contributed by atoms with E-state index in [0.29, 0.717) is 5.92 Å². The first-order valence-electron chi connectivity index (χ1n) is 6.80. The number of nitrogens with one attached hydrogen (secondary N) is 1. The summed E-state index contributed by atoms with van der Waals surface area (Å²) in [5, 5.41) is 8.06. The molecule has 2 atom stereocenters. The van der Waals surface area contributed by atoms with Crippen LogP contribution < -0.4 is 10.5 Å². The van der Waals surface area contributed by atoms with E-state index in [2.05, 4.69) is 12.2 Å². The Morgan fingerprint density at radius 2 is 2.00 bits per heavy atom. The summed E-state index contributed by atoms with van der Waals surface area (Å²) in [6.07, 6.45) is 4.14. The molecule has 0 aliphatic heterocycles. The second-order valence-corrected chi connectivity index (χ2v) is 7.01. The Morgan fingerprint density at radius 3 is 2.65 bits per heavy atom. The summed E-state index contributed by atoms with van der Waals surface area (Å²) in [5.41, 5.74) is 0.119. The van der Waals surface area contributed by atoms with Crippen LogP contribution in [0, 0.1) is 5.92 Å². The van der Waals surface area contributed by atoms with E-state index in [1.807, 2.05) is 0 Å². The van der Waals surface area contributed by atoms with Crippen LogP contribution in [0.15, 0.2) is 29.2 Å². The van der Waals surface area contributed by atoms with Gasteiger partial charge in [0.15, 0.2) is 0 Å². The largest absolute Gasteiger partial charge is 0.349 e. The van der Waals surface area contributed by atoms with Crippen molar-refractivity contribution >= 4 is 15.9 Å². The summed E-state index contributed by atoms with van der Waals surface area (Å²) < 4.78 is 23.0. The molecule has 1 fully saturated rings. The van der Waals surface area contributed by atoms with Gasteiger partial charge in [-0.15, -0.1) is 0 Å². The van der Waals surface area contributed by atoms with Crippen molar-refractivity contribution in [3.8, 4) is 0 Å². The number of sulfonamides is 1. The predicted molar refractivity (Wildman–Crippen MR) is 76.7 cm³/mol. The Hall–Kier alpha value is -1.40. The molecule has 1 saturated carbocycles. The van der Waals surface area contributed by atoms with Gasteiger partial charge in [0.1, 0.15) is 0 Å². The molecule has 1 aliphatic carbocycles. The average Bonchev–Trinajstić information content (AvgIpc) is 2.37. The van der Waals surface area contributed by atoms with Crippen LogP contribution in [0.25, 0.3) is 0 Å². The van der Waals surface area contributed by atoms with Gasteiger partial charge in [-0.3, -0.25) is 4.79 Å². The highest BCUT2D eigenvalue weighted by atomic mass is 32.2. The summed E-state index contributed by atoms with van der Waals surface area (Å²) in [5.74, 6) is 0.219. The molecular formula is C14H20N2O3S. The van der Waals surface area contributed by atoms with Gasteiger partial charge in [0.2, 0.25) is 10.0 Å². The highest BCUT2D eigenvalue weighted by Gasteiger charge is 2.23. The Labute approximate surface area is 119 Å². The molecule has 1 aromatic rings. The maximum atomic E-state index is 12.3. The third-order valence-electron chi connectivity index (χ3n) is 3.71. The molecule has 0 spiro atoms. The molecule has 0 aromatic heterocycles. The van der Waals surface area contributed by atoms with Crippen LogP contribution in [-0.2, 0) is 10.0 Å². The third-order valence-corrected chi connectivity index (χ3v) is 4.68. The first kappa shape index (κ1) is 15.0. The van der Waals surface area contributed by atoms with Crippen molar-refractivity contribution in [2.24, 2.45) is 11.1 Å². The molecule has 5 nitrogen and oxygen atoms in total. The highest BCUT2D eigenvalue weighted by Crippen LogP contribution is 2.24. The fraction of sp³-hybridized carbons (Fsp3) is 0.500. The summed E-state index contributed by atoms with van der Waals surface area (Å²) in [6, 6.07) is 6.14. The quantitative estimate of drug-likeness (QED) is 0.888. The molecular weight excluding hydrogens is 276 g/mol. The lowest BCUT2D eigenvalue weighted by Crippen LogP contribution is -2.38. The van der Waals surface area contributed by atoms with Gasteiger partial charge in [0.25, 0.3) is 5.91 Å². The van der Waals surface area contributed by atoms with E-state index in [1.54, 1.807) is 12.1 Å². The van der Waals surface area contributed by atoms with E-state index in [-0.39, 0.29) is 22.4 Å². The number of benzene rings is 1. The summed E-state index contributed by atoms with van der Waals surface area (Å²) in [7, 11) is -3.89. The Balaban J connectivity index is 2.18. The second-order valence-electron chi connectivity index (χ2n) is 5.48. The number of hydrogen-bond donors (Lipinski definition) is 2. The van der Waals surface area contributed by atoms with Gasteiger partial charge in [-0.2, -0.15) is 0 Å². The fourth-order valence-electron chi connectivity index (χ4n) is 2.73. The van der Waals surface area contributed by atoms with E-state index in [1.165, 1.54) is 18.6 Å². The van der Waals surface area contributed by atoms with Gasteiger partial charge in [0, 0.05) is 6.04 Å². The Morgan fingerprint density at radius 1 is 1.30 bits per heavy atom.